The zero-order chi connectivity index (χ0) is 24.5. The van der Waals surface area contributed by atoms with Crippen LogP contribution in [-0.4, -0.2) is 56.7 Å². The Bertz CT molecular complexity index is 1310. The molecule has 1 aliphatic heterocycles. The molecule has 1 saturated heterocycles. The van der Waals surface area contributed by atoms with E-state index in [2.05, 4.69) is 37.8 Å². The van der Waals surface area contributed by atoms with E-state index in [9.17, 15) is 0 Å². The highest BCUT2D eigenvalue weighted by Gasteiger charge is 2.30. The molecule has 3 heterocycles. The van der Waals surface area contributed by atoms with Crippen LogP contribution in [0.4, 0.5) is 5.82 Å². The summed E-state index contributed by atoms with van der Waals surface area (Å²) in [5.41, 5.74) is 9.45. The van der Waals surface area contributed by atoms with E-state index < -0.39 is 0 Å². The van der Waals surface area contributed by atoms with Gasteiger partial charge < -0.3 is 15.0 Å². The molecule has 2 aromatic heterocycles. The molecule has 8 nitrogen and oxygen atoms in total. The van der Waals surface area contributed by atoms with Gasteiger partial charge in [-0.3, -0.25) is 10.7 Å². The van der Waals surface area contributed by atoms with Crippen LogP contribution in [0, 0.1) is 0 Å². The third-order valence-electron chi connectivity index (χ3n) is 7.71. The Kier molecular flexibility index (Phi) is 6.31. The molecular formula is C28H33N7O. The molecule has 0 spiro atoms. The summed E-state index contributed by atoms with van der Waals surface area (Å²) in [6.07, 6.45) is 8.44. The smallest absolute Gasteiger partial charge is 0.146 e. The fourth-order valence-corrected chi connectivity index (χ4v) is 5.74. The second-order valence-electron chi connectivity index (χ2n) is 9.88. The van der Waals surface area contributed by atoms with Gasteiger partial charge >= 0.3 is 0 Å². The lowest BCUT2D eigenvalue weighted by atomic mass is 9.89. The molecule has 0 amide bonds. The van der Waals surface area contributed by atoms with Crippen LogP contribution in [-0.2, 0) is 0 Å². The first kappa shape index (κ1) is 23.0. The predicted molar refractivity (Wildman–Crippen MR) is 143 cm³/mol. The molecule has 0 radical (unpaired) electrons. The van der Waals surface area contributed by atoms with Gasteiger partial charge in [-0.15, -0.1) is 0 Å². The largest absolute Gasteiger partial charge is 0.457 e. The van der Waals surface area contributed by atoms with E-state index in [1.165, 1.54) is 12.8 Å². The number of nitrogen functional groups attached to an aromatic ring is 1. The molecule has 0 unspecified atom stereocenters. The van der Waals surface area contributed by atoms with Crippen molar-refractivity contribution in [3.05, 3.63) is 67.1 Å². The highest BCUT2D eigenvalue weighted by Crippen LogP contribution is 2.39. The highest BCUT2D eigenvalue weighted by molar-refractivity contribution is 6.00. The number of hydrogen-bond donors (Lipinski definition) is 2. The molecule has 6 rings (SSSR count). The van der Waals surface area contributed by atoms with Crippen molar-refractivity contribution in [2.45, 2.75) is 37.8 Å². The maximum atomic E-state index is 6.39. The lowest BCUT2D eigenvalue weighted by Crippen LogP contribution is -2.53. The Morgan fingerprint density at radius 3 is 2.17 bits per heavy atom. The van der Waals surface area contributed by atoms with Crippen LogP contribution in [0.3, 0.4) is 0 Å². The first-order valence-electron chi connectivity index (χ1n) is 12.8. The van der Waals surface area contributed by atoms with Gasteiger partial charge in [-0.25, -0.2) is 15.0 Å². The predicted octanol–water partition coefficient (Wildman–Crippen LogP) is 4.45. The molecule has 0 bridgehead atoms. The third kappa shape index (κ3) is 4.55. The van der Waals surface area contributed by atoms with Crippen molar-refractivity contribution < 1.29 is 4.74 Å². The van der Waals surface area contributed by atoms with E-state index in [4.69, 9.17) is 16.3 Å². The van der Waals surface area contributed by atoms with Gasteiger partial charge in [0.1, 0.15) is 29.3 Å². The van der Waals surface area contributed by atoms with Gasteiger partial charge in [0.25, 0.3) is 0 Å². The minimum Gasteiger partial charge on any atom is -0.457 e. The number of nitrogens with two attached hydrogens (primary N) is 2. The fourth-order valence-electron chi connectivity index (χ4n) is 5.74. The summed E-state index contributed by atoms with van der Waals surface area (Å²) >= 11 is 0. The van der Waals surface area contributed by atoms with E-state index >= 15 is 0 Å². The maximum absolute atomic E-state index is 6.39. The van der Waals surface area contributed by atoms with Crippen LogP contribution < -0.4 is 16.3 Å². The number of para-hydroxylation sites is 1. The Morgan fingerprint density at radius 1 is 0.778 bits per heavy atom. The summed E-state index contributed by atoms with van der Waals surface area (Å²) in [5.74, 6) is 8.09. The van der Waals surface area contributed by atoms with E-state index in [0.29, 0.717) is 17.9 Å². The lowest BCUT2D eigenvalue weighted by Gasteiger charge is -2.41. The fraction of sp³-hybridized carbons (Fsp3) is 0.357. The van der Waals surface area contributed by atoms with E-state index in [1.54, 1.807) is 6.33 Å². The monoisotopic (exact) mass is 483 g/mol. The first-order chi connectivity index (χ1) is 17.7. The van der Waals surface area contributed by atoms with Gasteiger partial charge in [0, 0.05) is 50.0 Å². The molecule has 4 N–H and O–H groups in total. The number of nitrogens with zero attached hydrogens (tertiary/aromatic N) is 5. The summed E-state index contributed by atoms with van der Waals surface area (Å²) in [5, 5.41) is 2.86. The Labute approximate surface area is 211 Å². The first-order valence-corrected chi connectivity index (χ1v) is 12.8. The van der Waals surface area contributed by atoms with Crippen LogP contribution >= 0.6 is 0 Å². The quantitative estimate of drug-likeness (QED) is 0.405. The molecule has 1 aliphatic carbocycles. The molecule has 4 aromatic rings. The SMILES string of the molecule is Nc1ncnc2c1c(-c1ccc(Oc3ccccc3)cc1)cn2[C@H]1CC[C@@H](N2CCN(N)CC2)CC1. The Morgan fingerprint density at radius 2 is 1.44 bits per heavy atom. The number of hydrogen-bond acceptors (Lipinski definition) is 7. The minimum atomic E-state index is 0.406. The van der Waals surface area contributed by atoms with Crippen LogP contribution in [0.25, 0.3) is 22.2 Å². The summed E-state index contributed by atoms with van der Waals surface area (Å²) in [6.45, 7) is 4.04. The number of benzene rings is 2. The lowest BCUT2D eigenvalue weighted by molar-refractivity contribution is 0.0720. The van der Waals surface area contributed by atoms with Gasteiger partial charge in [0.15, 0.2) is 0 Å². The summed E-state index contributed by atoms with van der Waals surface area (Å²) in [4.78, 5) is 11.6. The summed E-state index contributed by atoms with van der Waals surface area (Å²) in [6, 6.07) is 19.0. The minimum absolute atomic E-state index is 0.406. The molecule has 1 saturated carbocycles. The van der Waals surface area contributed by atoms with Gasteiger partial charge in [0.05, 0.1) is 5.39 Å². The molecule has 186 valence electrons. The van der Waals surface area contributed by atoms with Gasteiger partial charge in [-0.2, -0.15) is 0 Å². The zero-order valence-corrected chi connectivity index (χ0v) is 20.5. The molecule has 8 heteroatoms. The van der Waals surface area contributed by atoms with Gasteiger partial charge in [-0.1, -0.05) is 30.3 Å². The van der Waals surface area contributed by atoms with Crippen molar-refractivity contribution >= 4 is 16.9 Å². The number of anilines is 1. The van der Waals surface area contributed by atoms with Crippen LogP contribution in [0.2, 0.25) is 0 Å². The number of rotatable bonds is 5. The van der Waals surface area contributed by atoms with Gasteiger partial charge in [-0.05, 0) is 55.5 Å². The van der Waals surface area contributed by atoms with Crippen molar-refractivity contribution in [2.24, 2.45) is 5.84 Å². The molecule has 2 fully saturated rings. The summed E-state index contributed by atoms with van der Waals surface area (Å²) in [7, 11) is 0. The number of fused-ring (bicyclic) bond motifs is 1. The van der Waals surface area contributed by atoms with Crippen LogP contribution in [0.15, 0.2) is 67.1 Å². The third-order valence-corrected chi connectivity index (χ3v) is 7.71. The van der Waals surface area contributed by atoms with Gasteiger partial charge in [0.2, 0.25) is 0 Å². The summed E-state index contributed by atoms with van der Waals surface area (Å²) < 4.78 is 8.32. The number of piperazine rings is 1. The zero-order valence-electron chi connectivity index (χ0n) is 20.5. The highest BCUT2D eigenvalue weighted by atomic mass is 16.5. The van der Waals surface area contributed by atoms with Crippen LogP contribution in [0.1, 0.15) is 31.7 Å². The second-order valence-corrected chi connectivity index (χ2v) is 9.88. The standard InChI is InChI=1S/C28H33N7O/c29-27-26-25(20-6-12-24(13-7-20)36-23-4-2-1-3-5-23)18-35(28(26)32-19-31-27)22-10-8-21(9-11-22)33-14-16-34(30)17-15-33/h1-7,12-13,18-19,21-22H,8-11,14-17,30H2,(H2,29,31,32)/t21-,22+. The van der Waals surface area contributed by atoms with E-state index in [1.807, 2.05) is 47.5 Å². The van der Waals surface area contributed by atoms with Crippen molar-refractivity contribution in [3.63, 3.8) is 0 Å². The molecule has 36 heavy (non-hydrogen) atoms. The van der Waals surface area contributed by atoms with Crippen molar-refractivity contribution in [3.8, 4) is 22.6 Å². The van der Waals surface area contributed by atoms with Crippen LogP contribution in [0.5, 0.6) is 11.5 Å². The maximum Gasteiger partial charge on any atom is 0.146 e. The molecule has 2 aliphatic rings. The molecular weight excluding hydrogens is 450 g/mol. The average Bonchev–Trinajstić information content (AvgIpc) is 3.31. The normalized spacial score (nSPS) is 21.6. The van der Waals surface area contributed by atoms with Crippen molar-refractivity contribution in [1.29, 1.82) is 0 Å². The Balaban J connectivity index is 1.24. The van der Waals surface area contributed by atoms with Crippen molar-refractivity contribution in [2.75, 3.05) is 31.9 Å². The van der Waals surface area contributed by atoms with E-state index in [0.717, 1.165) is 72.7 Å². The second kappa shape index (κ2) is 9.89. The topological polar surface area (TPSA) is 98.5 Å². The molecule has 2 aromatic carbocycles. The average molecular weight is 484 g/mol. The number of aromatic nitrogens is 3. The Hall–Kier alpha value is -3.46. The number of hydrazine groups is 1. The van der Waals surface area contributed by atoms with E-state index in [-0.39, 0.29) is 0 Å². The van der Waals surface area contributed by atoms with Crippen molar-refractivity contribution in [1.82, 2.24) is 24.4 Å². The number of ether oxygens (including phenoxy) is 1. The molecule has 0 atom stereocenters.